The minimum Gasteiger partial charge on any atom is -0.396 e. The van der Waals surface area contributed by atoms with E-state index in [0.717, 1.165) is 25.7 Å². The van der Waals surface area contributed by atoms with Crippen LogP contribution in [0.15, 0.2) is 17.2 Å². The lowest BCUT2D eigenvalue weighted by atomic mass is 9.90. The second kappa shape index (κ2) is 7.95. The quantitative estimate of drug-likeness (QED) is 0.405. The van der Waals surface area contributed by atoms with E-state index >= 15 is 0 Å². The molecule has 5 N–H and O–H groups in total. The highest BCUT2D eigenvalue weighted by molar-refractivity contribution is 6.13. The molecule has 1 amide bonds. The van der Waals surface area contributed by atoms with Crippen LogP contribution in [0.4, 0.5) is 11.4 Å². The maximum absolute atomic E-state index is 12.4. The van der Waals surface area contributed by atoms with Crippen molar-refractivity contribution in [1.82, 2.24) is 5.43 Å². The van der Waals surface area contributed by atoms with E-state index in [4.69, 9.17) is 11.5 Å². The molecule has 1 aliphatic heterocycles. The number of nitrogens with two attached hydrogens (primary N) is 2. The number of nitrogens with zero attached hydrogens (tertiary/aromatic N) is 1. The first kappa shape index (κ1) is 18.0. The van der Waals surface area contributed by atoms with Gasteiger partial charge in [0.1, 0.15) is 0 Å². The normalized spacial score (nSPS) is 17.3. The van der Waals surface area contributed by atoms with Crippen molar-refractivity contribution in [2.45, 2.75) is 52.4 Å². The van der Waals surface area contributed by atoms with Crippen molar-refractivity contribution in [1.29, 1.82) is 0 Å². The Kier molecular flexibility index (Phi) is 5.95. The number of carbonyl (C=O) groups is 2. The summed E-state index contributed by atoms with van der Waals surface area (Å²) in [5.41, 5.74) is 17.2. The number of hydrazone groups is 1. The molecule has 0 spiro atoms. The Hall–Kier alpha value is -2.37. The van der Waals surface area contributed by atoms with Crippen LogP contribution in [-0.4, -0.2) is 17.4 Å². The Morgan fingerprint density at radius 3 is 2.67 bits per heavy atom. The maximum Gasteiger partial charge on any atom is 0.240 e. The highest BCUT2D eigenvalue weighted by Gasteiger charge is 2.25. The van der Waals surface area contributed by atoms with Gasteiger partial charge in [-0.15, -0.1) is 0 Å². The van der Waals surface area contributed by atoms with E-state index in [2.05, 4.69) is 17.5 Å². The second-order valence-electron chi connectivity index (χ2n) is 6.36. The lowest BCUT2D eigenvalue weighted by Crippen LogP contribution is -2.32. The molecule has 1 atom stereocenters. The monoisotopic (exact) mass is 330 g/mol. The number of ketones is 1. The summed E-state index contributed by atoms with van der Waals surface area (Å²) in [5.74, 6) is -0.137. The molecule has 130 valence electrons. The zero-order valence-corrected chi connectivity index (χ0v) is 14.4. The first-order valence-electron chi connectivity index (χ1n) is 8.53. The van der Waals surface area contributed by atoms with Gasteiger partial charge in [-0.25, -0.2) is 5.43 Å². The number of nitrogens with one attached hydrogen (secondary N) is 1. The molecule has 0 aliphatic carbocycles. The number of carbonyl (C=O) groups excluding carboxylic acids is 2. The van der Waals surface area contributed by atoms with Gasteiger partial charge >= 0.3 is 0 Å². The van der Waals surface area contributed by atoms with Gasteiger partial charge in [0.2, 0.25) is 5.91 Å². The summed E-state index contributed by atoms with van der Waals surface area (Å²) in [7, 11) is 0. The van der Waals surface area contributed by atoms with Gasteiger partial charge in [0.25, 0.3) is 0 Å². The Labute approximate surface area is 142 Å². The molecule has 0 saturated heterocycles. The molecule has 0 fully saturated rings. The molecule has 1 aromatic carbocycles. The van der Waals surface area contributed by atoms with Crippen LogP contribution in [0.2, 0.25) is 0 Å². The highest BCUT2D eigenvalue weighted by atomic mass is 16.2. The number of hydrogen-bond donors (Lipinski definition) is 3. The van der Waals surface area contributed by atoms with E-state index in [1.54, 1.807) is 12.1 Å². The number of rotatable bonds is 7. The number of unbranched alkanes of at least 4 members (excludes halogenated alkanes) is 3. The first-order valence-corrected chi connectivity index (χ1v) is 8.53. The summed E-state index contributed by atoms with van der Waals surface area (Å²) < 4.78 is 0. The molecule has 1 aromatic rings. The van der Waals surface area contributed by atoms with Crippen molar-refractivity contribution in [3.05, 3.63) is 23.3 Å². The van der Waals surface area contributed by atoms with E-state index < -0.39 is 0 Å². The maximum atomic E-state index is 12.4. The van der Waals surface area contributed by atoms with Gasteiger partial charge in [0.15, 0.2) is 5.78 Å². The van der Waals surface area contributed by atoms with Crippen LogP contribution in [0.3, 0.4) is 0 Å². The van der Waals surface area contributed by atoms with Crippen LogP contribution in [0, 0.1) is 5.92 Å². The van der Waals surface area contributed by atoms with Gasteiger partial charge in [-0.2, -0.15) is 5.10 Å². The molecule has 6 heteroatoms. The van der Waals surface area contributed by atoms with Crippen molar-refractivity contribution in [2.24, 2.45) is 11.0 Å². The Morgan fingerprint density at radius 2 is 2.00 bits per heavy atom. The number of amides is 1. The summed E-state index contributed by atoms with van der Waals surface area (Å²) in [6, 6.07) is 3.49. The van der Waals surface area contributed by atoms with Crippen LogP contribution in [0.1, 0.15) is 68.3 Å². The number of benzene rings is 1. The predicted octanol–water partition coefficient (Wildman–Crippen LogP) is 2.86. The van der Waals surface area contributed by atoms with E-state index in [1.165, 1.54) is 0 Å². The molecule has 24 heavy (non-hydrogen) atoms. The standard InChI is InChI=1S/C18H26N4O2/c1-3-4-5-6-7-14(23)12-8-9-13(17(20)16(12)19)18-11(2)10-15(24)21-22-18/h8-9,11H,3-7,10,19-20H2,1-2H3,(H,21,24). The van der Waals surface area contributed by atoms with Gasteiger partial charge in [-0.05, 0) is 12.5 Å². The fraction of sp³-hybridized carbons (Fsp3) is 0.500. The first-order chi connectivity index (χ1) is 11.5. The summed E-state index contributed by atoms with van der Waals surface area (Å²) in [6.07, 6.45) is 5.02. The van der Waals surface area contributed by atoms with Crippen LogP contribution in [0.5, 0.6) is 0 Å². The summed E-state index contributed by atoms with van der Waals surface area (Å²) in [6.45, 7) is 4.05. The van der Waals surface area contributed by atoms with Crippen molar-refractivity contribution >= 4 is 28.8 Å². The summed E-state index contributed by atoms with van der Waals surface area (Å²) >= 11 is 0. The molecule has 0 bridgehead atoms. The molecular formula is C18H26N4O2. The van der Waals surface area contributed by atoms with Crippen LogP contribution < -0.4 is 16.9 Å². The smallest absolute Gasteiger partial charge is 0.240 e. The SMILES string of the molecule is CCCCCCC(=O)c1ccc(C2=NNC(=O)CC2C)c(N)c1N. The predicted molar refractivity (Wildman–Crippen MR) is 96.8 cm³/mol. The molecule has 0 aromatic heterocycles. The molecule has 1 heterocycles. The minimum atomic E-state index is -0.114. The number of Topliss-reactive ketones (excluding diaryl/α,β-unsaturated/α-hetero) is 1. The van der Waals surface area contributed by atoms with Gasteiger partial charge in [-0.3, -0.25) is 9.59 Å². The number of hydrogen-bond acceptors (Lipinski definition) is 5. The van der Waals surface area contributed by atoms with E-state index in [0.29, 0.717) is 41.1 Å². The molecule has 1 unspecified atom stereocenters. The topological polar surface area (TPSA) is 111 Å². The van der Waals surface area contributed by atoms with Gasteiger partial charge in [0.05, 0.1) is 17.1 Å². The molecule has 0 saturated carbocycles. The highest BCUT2D eigenvalue weighted by Crippen LogP contribution is 2.29. The Bertz CT molecular complexity index is 667. The third-order valence-electron chi connectivity index (χ3n) is 4.38. The van der Waals surface area contributed by atoms with Crippen LogP contribution in [-0.2, 0) is 4.79 Å². The van der Waals surface area contributed by atoms with E-state index in [1.807, 2.05) is 6.92 Å². The fourth-order valence-corrected chi connectivity index (χ4v) is 2.93. The molecule has 2 rings (SSSR count). The third kappa shape index (κ3) is 3.93. The molecular weight excluding hydrogens is 304 g/mol. The number of nitrogen functional groups attached to an aromatic ring is 2. The average Bonchev–Trinajstić information content (AvgIpc) is 2.54. The minimum absolute atomic E-state index is 0.0220. The second-order valence-corrected chi connectivity index (χ2v) is 6.36. The number of anilines is 2. The van der Waals surface area contributed by atoms with Gasteiger partial charge in [0, 0.05) is 29.9 Å². The fourth-order valence-electron chi connectivity index (χ4n) is 2.93. The lowest BCUT2D eigenvalue weighted by Gasteiger charge is -2.21. The van der Waals surface area contributed by atoms with Gasteiger partial charge < -0.3 is 11.5 Å². The zero-order valence-electron chi connectivity index (χ0n) is 14.4. The average molecular weight is 330 g/mol. The molecule has 1 aliphatic rings. The lowest BCUT2D eigenvalue weighted by molar-refractivity contribution is -0.121. The van der Waals surface area contributed by atoms with Gasteiger partial charge in [-0.1, -0.05) is 39.2 Å². The van der Waals surface area contributed by atoms with Crippen molar-refractivity contribution in [3.63, 3.8) is 0 Å². The van der Waals surface area contributed by atoms with Crippen molar-refractivity contribution in [3.8, 4) is 0 Å². The summed E-state index contributed by atoms with van der Waals surface area (Å²) in [5, 5.41) is 4.10. The third-order valence-corrected chi connectivity index (χ3v) is 4.38. The van der Waals surface area contributed by atoms with Crippen LogP contribution in [0.25, 0.3) is 0 Å². The largest absolute Gasteiger partial charge is 0.396 e. The van der Waals surface area contributed by atoms with E-state index in [-0.39, 0.29) is 17.6 Å². The molecule has 0 radical (unpaired) electrons. The molecule has 6 nitrogen and oxygen atoms in total. The van der Waals surface area contributed by atoms with E-state index in [9.17, 15) is 9.59 Å². The Morgan fingerprint density at radius 1 is 1.25 bits per heavy atom. The Balaban J connectivity index is 2.19. The summed E-state index contributed by atoms with van der Waals surface area (Å²) in [4.78, 5) is 23.7. The zero-order chi connectivity index (χ0) is 17.7. The van der Waals surface area contributed by atoms with Crippen molar-refractivity contribution in [2.75, 3.05) is 11.5 Å². The van der Waals surface area contributed by atoms with Crippen LogP contribution >= 0.6 is 0 Å². The van der Waals surface area contributed by atoms with Crippen molar-refractivity contribution < 1.29 is 9.59 Å².